The fraction of sp³-hybridized carbons (Fsp3) is 0.0833. The molecule has 88 valence electrons. The van der Waals surface area contributed by atoms with Gasteiger partial charge in [-0.2, -0.15) is 10.4 Å². The summed E-state index contributed by atoms with van der Waals surface area (Å²) in [6, 6.07) is 8.12. The van der Waals surface area contributed by atoms with Gasteiger partial charge in [0.15, 0.2) is 5.65 Å². The molecule has 0 saturated heterocycles. The summed E-state index contributed by atoms with van der Waals surface area (Å²) in [7, 11) is 0. The van der Waals surface area contributed by atoms with Crippen LogP contribution in [0.1, 0.15) is 5.56 Å². The monoisotopic (exact) mass is 272 g/mol. The number of fused-ring (bicyclic) bond motifs is 1. The first-order valence-electron chi connectivity index (χ1n) is 5.21. The van der Waals surface area contributed by atoms with E-state index in [1.54, 1.807) is 22.0 Å². The number of thiophene rings is 1. The normalized spacial score (nSPS) is 10.7. The summed E-state index contributed by atoms with van der Waals surface area (Å²) >= 11 is 3.10. The molecule has 0 aromatic carbocycles. The van der Waals surface area contributed by atoms with Crippen molar-refractivity contribution in [2.45, 2.75) is 5.03 Å². The maximum absolute atomic E-state index is 9.20. The van der Waals surface area contributed by atoms with E-state index < -0.39 is 0 Å². The summed E-state index contributed by atoms with van der Waals surface area (Å²) in [5.74, 6) is 0. The van der Waals surface area contributed by atoms with Gasteiger partial charge in [-0.1, -0.05) is 6.07 Å². The fourth-order valence-electron chi connectivity index (χ4n) is 1.78. The van der Waals surface area contributed by atoms with Gasteiger partial charge in [-0.3, -0.25) is 0 Å². The molecule has 0 aliphatic rings. The first-order chi connectivity index (χ1) is 8.85. The van der Waals surface area contributed by atoms with Crippen LogP contribution in [-0.2, 0) is 0 Å². The molecule has 0 N–H and O–H groups in total. The molecule has 0 radical (unpaired) electrons. The fourth-order valence-corrected chi connectivity index (χ4v) is 3.02. The van der Waals surface area contributed by atoms with E-state index in [1.807, 2.05) is 29.8 Å². The first-order valence-corrected chi connectivity index (χ1v) is 7.31. The summed E-state index contributed by atoms with van der Waals surface area (Å²) in [4.78, 5) is 5.37. The van der Waals surface area contributed by atoms with Crippen molar-refractivity contribution < 1.29 is 0 Å². The summed E-state index contributed by atoms with van der Waals surface area (Å²) < 4.78 is 1.75. The van der Waals surface area contributed by atoms with Crippen LogP contribution in [0.5, 0.6) is 0 Å². The van der Waals surface area contributed by atoms with Crippen LogP contribution >= 0.6 is 23.1 Å². The Bertz CT molecular complexity index is 737. The quantitative estimate of drug-likeness (QED) is 0.673. The molecule has 0 amide bonds. The standard InChI is InChI=1S/C12H8N4S2/c1-17-12-8(7-13)11-14-5-4-9(16(11)15-12)10-3-2-6-18-10/h2-6H,1H3. The number of nitriles is 1. The first kappa shape index (κ1) is 11.3. The van der Waals surface area contributed by atoms with Crippen LogP contribution in [0, 0.1) is 11.3 Å². The second-order valence-corrected chi connectivity index (χ2v) is 5.28. The molecular weight excluding hydrogens is 264 g/mol. The van der Waals surface area contributed by atoms with E-state index in [1.165, 1.54) is 11.8 Å². The molecule has 0 spiro atoms. The molecule has 0 fully saturated rings. The second-order valence-electron chi connectivity index (χ2n) is 3.54. The van der Waals surface area contributed by atoms with Crippen molar-refractivity contribution in [3.63, 3.8) is 0 Å². The van der Waals surface area contributed by atoms with Crippen LogP contribution in [0.25, 0.3) is 16.2 Å². The molecule has 18 heavy (non-hydrogen) atoms. The summed E-state index contributed by atoms with van der Waals surface area (Å²) in [5, 5.41) is 16.4. The summed E-state index contributed by atoms with van der Waals surface area (Å²) in [6.07, 6.45) is 3.63. The van der Waals surface area contributed by atoms with Crippen molar-refractivity contribution in [2.75, 3.05) is 6.26 Å². The van der Waals surface area contributed by atoms with E-state index in [-0.39, 0.29) is 0 Å². The number of hydrogen-bond acceptors (Lipinski definition) is 5. The molecule has 6 heteroatoms. The van der Waals surface area contributed by atoms with Crippen molar-refractivity contribution in [1.29, 1.82) is 5.26 Å². The average molecular weight is 272 g/mol. The number of thioether (sulfide) groups is 1. The second kappa shape index (κ2) is 4.44. The molecular formula is C12H8N4S2. The highest BCUT2D eigenvalue weighted by Gasteiger charge is 2.15. The van der Waals surface area contributed by atoms with Crippen LogP contribution in [0.4, 0.5) is 0 Å². The van der Waals surface area contributed by atoms with Gasteiger partial charge in [0, 0.05) is 6.20 Å². The van der Waals surface area contributed by atoms with E-state index in [0.717, 1.165) is 10.6 Å². The highest BCUT2D eigenvalue weighted by Crippen LogP contribution is 2.28. The predicted molar refractivity (Wildman–Crippen MR) is 72.8 cm³/mol. The minimum Gasteiger partial charge on any atom is -0.236 e. The van der Waals surface area contributed by atoms with Gasteiger partial charge in [-0.25, -0.2) is 9.50 Å². The maximum atomic E-state index is 9.20. The highest BCUT2D eigenvalue weighted by atomic mass is 32.2. The van der Waals surface area contributed by atoms with Crippen LogP contribution in [0.2, 0.25) is 0 Å². The van der Waals surface area contributed by atoms with Gasteiger partial charge in [0.05, 0.1) is 10.6 Å². The molecule has 4 nitrogen and oxygen atoms in total. The Kier molecular flexibility index (Phi) is 2.78. The van der Waals surface area contributed by atoms with Gasteiger partial charge in [0.2, 0.25) is 0 Å². The molecule has 0 unspecified atom stereocenters. The molecule has 3 aromatic heterocycles. The van der Waals surface area contributed by atoms with Gasteiger partial charge >= 0.3 is 0 Å². The summed E-state index contributed by atoms with van der Waals surface area (Å²) in [5.41, 5.74) is 2.13. The Morgan fingerprint density at radius 3 is 3.00 bits per heavy atom. The zero-order chi connectivity index (χ0) is 12.5. The Morgan fingerprint density at radius 1 is 1.44 bits per heavy atom. The largest absolute Gasteiger partial charge is 0.236 e. The average Bonchev–Trinajstić information content (AvgIpc) is 3.04. The Labute approximate surface area is 112 Å². The van der Waals surface area contributed by atoms with E-state index in [4.69, 9.17) is 0 Å². The lowest BCUT2D eigenvalue weighted by atomic mass is 10.3. The third-order valence-electron chi connectivity index (χ3n) is 2.57. The lowest BCUT2D eigenvalue weighted by molar-refractivity contribution is 0.897. The molecule has 3 heterocycles. The summed E-state index contributed by atoms with van der Waals surface area (Å²) in [6.45, 7) is 0. The van der Waals surface area contributed by atoms with Crippen molar-refractivity contribution in [3.05, 3.63) is 35.3 Å². The molecule has 0 saturated carbocycles. The topological polar surface area (TPSA) is 54.0 Å². The maximum Gasteiger partial charge on any atom is 0.174 e. The lowest BCUT2D eigenvalue weighted by Gasteiger charge is -2.00. The van der Waals surface area contributed by atoms with Gasteiger partial charge in [0.1, 0.15) is 16.7 Å². The van der Waals surface area contributed by atoms with E-state index in [0.29, 0.717) is 16.2 Å². The zero-order valence-corrected chi connectivity index (χ0v) is 11.1. The van der Waals surface area contributed by atoms with Crippen molar-refractivity contribution >= 4 is 28.7 Å². The highest BCUT2D eigenvalue weighted by molar-refractivity contribution is 7.98. The van der Waals surface area contributed by atoms with Gasteiger partial charge in [0.25, 0.3) is 0 Å². The third kappa shape index (κ3) is 1.60. The predicted octanol–water partition coefficient (Wildman–Crippen LogP) is 3.05. The Hall–Kier alpha value is -1.84. The van der Waals surface area contributed by atoms with E-state index in [2.05, 4.69) is 16.2 Å². The zero-order valence-electron chi connectivity index (χ0n) is 9.49. The number of rotatable bonds is 2. The number of aromatic nitrogens is 3. The molecule has 3 aromatic rings. The Balaban J connectivity index is 2.36. The SMILES string of the molecule is CSc1nn2c(-c3cccs3)ccnc2c1C#N. The molecule has 0 atom stereocenters. The third-order valence-corrected chi connectivity index (χ3v) is 4.13. The van der Waals surface area contributed by atoms with Gasteiger partial charge < -0.3 is 0 Å². The molecule has 3 rings (SSSR count). The smallest absolute Gasteiger partial charge is 0.174 e. The Morgan fingerprint density at radius 2 is 2.33 bits per heavy atom. The molecule has 0 aliphatic carbocycles. The lowest BCUT2D eigenvalue weighted by Crippen LogP contribution is -1.94. The van der Waals surface area contributed by atoms with Crippen molar-refractivity contribution in [1.82, 2.24) is 14.6 Å². The molecule has 0 aliphatic heterocycles. The van der Waals surface area contributed by atoms with Gasteiger partial charge in [-0.15, -0.1) is 23.1 Å². The molecule has 0 bridgehead atoms. The minimum atomic E-state index is 0.543. The number of hydrogen-bond donors (Lipinski definition) is 0. The van der Waals surface area contributed by atoms with Gasteiger partial charge in [-0.05, 0) is 23.8 Å². The van der Waals surface area contributed by atoms with Crippen LogP contribution < -0.4 is 0 Å². The minimum absolute atomic E-state index is 0.543. The van der Waals surface area contributed by atoms with Crippen molar-refractivity contribution in [3.8, 4) is 16.6 Å². The van der Waals surface area contributed by atoms with Crippen LogP contribution in [-0.4, -0.2) is 20.9 Å². The number of nitrogens with zero attached hydrogens (tertiary/aromatic N) is 4. The van der Waals surface area contributed by atoms with Crippen LogP contribution in [0.3, 0.4) is 0 Å². The van der Waals surface area contributed by atoms with Crippen molar-refractivity contribution in [2.24, 2.45) is 0 Å². The van der Waals surface area contributed by atoms with E-state index in [9.17, 15) is 5.26 Å². The van der Waals surface area contributed by atoms with Crippen LogP contribution in [0.15, 0.2) is 34.8 Å². The van der Waals surface area contributed by atoms with E-state index >= 15 is 0 Å².